The predicted molar refractivity (Wildman–Crippen MR) is 77.9 cm³/mol. The summed E-state index contributed by atoms with van der Waals surface area (Å²) in [6.07, 6.45) is 1.88. The Balaban J connectivity index is 2.05. The number of rotatable bonds is 5. The molecule has 0 saturated heterocycles. The van der Waals surface area contributed by atoms with Crippen LogP contribution in [0, 0.1) is 5.92 Å². The molecule has 6 heteroatoms. The quantitative estimate of drug-likeness (QED) is 0.921. The Morgan fingerprint density at radius 3 is 2.74 bits per heavy atom. The summed E-state index contributed by atoms with van der Waals surface area (Å²) in [6.45, 7) is 6.00. The Morgan fingerprint density at radius 1 is 1.26 bits per heavy atom. The van der Waals surface area contributed by atoms with Crippen molar-refractivity contribution < 1.29 is 0 Å². The monoisotopic (exact) mass is 298 g/mol. The van der Waals surface area contributed by atoms with Crippen molar-refractivity contribution in [1.29, 1.82) is 0 Å². The van der Waals surface area contributed by atoms with Gasteiger partial charge in [-0.15, -0.1) is 5.10 Å². The first-order chi connectivity index (χ1) is 9.06. The van der Waals surface area contributed by atoms with E-state index in [0.29, 0.717) is 22.5 Å². The van der Waals surface area contributed by atoms with Crippen LogP contribution in [0.25, 0.3) is 5.69 Å². The minimum atomic E-state index is 0.508. The van der Waals surface area contributed by atoms with Gasteiger partial charge in [-0.2, -0.15) is 0 Å². The van der Waals surface area contributed by atoms with E-state index in [2.05, 4.69) is 29.5 Å². The van der Waals surface area contributed by atoms with Gasteiger partial charge in [0.25, 0.3) is 0 Å². The Morgan fingerprint density at radius 2 is 2.05 bits per heavy atom. The van der Waals surface area contributed by atoms with Gasteiger partial charge in [-0.25, -0.2) is 4.68 Å². The fourth-order valence-corrected chi connectivity index (χ4v) is 1.91. The maximum Gasteiger partial charge on any atom is 0.0969 e. The van der Waals surface area contributed by atoms with Gasteiger partial charge in [-0.1, -0.05) is 42.3 Å². The van der Waals surface area contributed by atoms with Crippen LogP contribution < -0.4 is 5.32 Å². The summed E-state index contributed by atoms with van der Waals surface area (Å²) < 4.78 is 1.69. The minimum absolute atomic E-state index is 0.508. The van der Waals surface area contributed by atoms with Crippen molar-refractivity contribution in [3.8, 4) is 5.69 Å². The van der Waals surface area contributed by atoms with E-state index in [1.165, 1.54) is 0 Å². The second kappa shape index (κ2) is 6.37. The normalized spacial score (nSPS) is 11.2. The van der Waals surface area contributed by atoms with E-state index < -0.39 is 0 Å². The lowest BCUT2D eigenvalue weighted by molar-refractivity contribution is 0.548. The molecule has 0 bridgehead atoms. The number of halogens is 2. The molecule has 0 amide bonds. The largest absolute Gasteiger partial charge is 0.311 e. The highest BCUT2D eigenvalue weighted by molar-refractivity contribution is 6.42. The molecule has 19 heavy (non-hydrogen) atoms. The second-order valence-electron chi connectivity index (χ2n) is 4.78. The summed E-state index contributed by atoms with van der Waals surface area (Å²) in [5.74, 6) is 0.616. The first-order valence-electron chi connectivity index (χ1n) is 6.13. The third kappa shape index (κ3) is 3.93. The molecule has 0 unspecified atom stereocenters. The molecule has 1 aromatic heterocycles. The lowest BCUT2D eigenvalue weighted by atomic mass is 10.2. The van der Waals surface area contributed by atoms with Gasteiger partial charge in [0.2, 0.25) is 0 Å². The van der Waals surface area contributed by atoms with Crippen molar-refractivity contribution in [1.82, 2.24) is 20.3 Å². The molecule has 1 aromatic carbocycles. The highest BCUT2D eigenvalue weighted by Gasteiger charge is 2.05. The third-order valence-corrected chi connectivity index (χ3v) is 3.31. The Labute approximate surface area is 122 Å². The summed E-state index contributed by atoms with van der Waals surface area (Å²) in [4.78, 5) is 0. The van der Waals surface area contributed by atoms with E-state index in [9.17, 15) is 0 Å². The van der Waals surface area contributed by atoms with Crippen LogP contribution in [0.1, 0.15) is 19.5 Å². The standard InChI is InChI=1S/C13H16Cl2N4/c1-9(2)6-16-7-10-8-19(18-17-10)11-3-4-12(14)13(15)5-11/h3-5,8-9,16H,6-7H2,1-2H3. The third-order valence-electron chi connectivity index (χ3n) is 2.57. The Kier molecular flexibility index (Phi) is 4.80. The zero-order chi connectivity index (χ0) is 13.8. The number of benzene rings is 1. The maximum atomic E-state index is 5.98. The number of hydrogen-bond donors (Lipinski definition) is 1. The van der Waals surface area contributed by atoms with Crippen molar-refractivity contribution in [2.45, 2.75) is 20.4 Å². The molecule has 0 atom stereocenters. The SMILES string of the molecule is CC(C)CNCc1cn(-c2ccc(Cl)c(Cl)c2)nn1. The van der Waals surface area contributed by atoms with Crippen LogP contribution in [0.15, 0.2) is 24.4 Å². The van der Waals surface area contributed by atoms with Gasteiger partial charge >= 0.3 is 0 Å². The zero-order valence-electron chi connectivity index (χ0n) is 10.9. The summed E-state index contributed by atoms with van der Waals surface area (Å²) in [6, 6.07) is 5.37. The van der Waals surface area contributed by atoms with Crippen LogP contribution >= 0.6 is 23.2 Å². The van der Waals surface area contributed by atoms with E-state index in [-0.39, 0.29) is 0 Å². The lowest BCUT2D eigenvalue weighted by Crippen LogP contribution is -2.19. The van der Waals surface area contributed by atoms with Gasteiger partial charge in [-0.05, 0) is 30.7 Å². The van der Waals surface area contributed by atoms with Crippen molar-refractivity contribution in [2.24, 2.45) is 5.92 Å². The van der Waals surface area contributed by atoms with Crippen molar-refractivity contribution >= 4 is 23.2 Å². The van der Waals surface area contributed by atoms with Gasteiger partial charge in [0.1, 0.15) is 0 Å². The van der Waals surface area contributed by atoms with Crippen molar-refractivity contribution in [2.75, 3.05) is 6.54 Å². The molecular formula is C13H16Cl2N4. The highest BCUT2D eigenvalue weighted by atomic mass is 35.5. The first-order valence-corrected chi connectivity index (χ1v) is 6.89. The fourth-order valence-electron chi connectivity index (χ4n) is 1.62. The Hall–Kier alpha value is -1.10. The average Bonchev–Trinajstić information content (AvgIpc) is 2.81. The van der Waals surface area contributed by atoms with E-state index in [1.807, 2.05) is 12.3 Å². The van der Waals surface area contributed by atoms with Crippen LogP contribution in [0.3, 0.4) is 0 Å². The summed E-state index contributed by atoms with van der Waals surface area (Å²) in [5, 5.41) is 12.6. The maximum absolute atomic E-state index is 5.98. The molecular weight excluding hydrogens is 283 g/mol. The predicted octanol–water partition coefficient (Wildman–Crippen LogP) is 3.32. The molecule has 1 N–H and O–H groups in total. The first kappa shape index (κ1) is 14.3. The smallest absolute Gasteiger partial charge is 0.0969 e. The topological polar surface area (TPSA) is 42.7 Å². The van der Waals surface area contributed by atoms with Crippen molar-refractivity contribution in [3.05, 3.63) is 40.1 Å². The van der Waals surface area contributed by atoms with Crippen molar-refractivity contribution in [3.63, 3.8) is 0 Å². The molecule has 0 radical (unpaired) electrons. The van der Waals surface area contributed by atoms with Crippen LogP contribution in [-0.4, -0.2) is 21.5 Å². The van der Waals surface area contributed by atoms with E-state index in [0.717, 1.165) is 17.9 Å². The molecule has 2 aromatic rings. The summed E-state index contributed by atoms with van der Waals surface area (Å²) in [7, 11) is 0. The minimum Gasteiger partial charge on any atom is -0.311 e. The van der Waals surface area contributed by atoms with E-state index >= 15 is 0 Å². The van der Waals surface area contributed by atoms with Gasteiger partial charge in [0, 0.05) is 6.54 Å². The molecule has 0 spiro atoms. The average molecular weight is 299 g/mol. The molecule has 0 aliphatic heterocycles. The lowest BCUT2D eigenvalue weighted by Gasteiger charge is -2.04. The van der Waals surface area contributed by atoms with Gasteiger partial charge in [0.15, 0.2) is 0 Å². The van der Waals surface area contributed by atoms with E-state index in [4.69, 9.17) is 23.2 Å². The molecule has 1 heterocycles. The zero-order valence-corrected chi connectivity index (χ0v) is 12.4. The van der Waals surface area contributed by atoms with E-state index in [1.54, 1.807) is 16.8 Å². The highest BCUT2D eigenvalue weighted by Crippen LogP contribution is 2.24. The number of nitrogens with zero attached hydrogens (tertiary/aromatic N) is 3. The molecule has 0 aliphatic carbocycles. The molecule has 4 nitrogen and oxygen atoms in total. The van der Waals surface area contributed by atoms with Gasteiger partial charge in [-0.3, -0.25) is 0 Å². The molecule has 2 rings (SSSR count). The molecule has 0 fully saturated rings. The molecule has 102 valence electrons. The number of hydrogen-bond acceptors (Lipinski definition) is 3. The number of aromatic nitrogens is 3. The second-order valence-corrected chi connectivity index (χ2v) is 5.59. The Bertz CT molecular complexity index is 551. The molecule has 0 aliphatic rings. The van der Waals surface area contributed by atoms with Crippen LogP contribution in [0.5, 0.6) is 0 Å². The van der Waals surface area contributed by atoms with Crippen LogP contribution in [0.2, 0.25) is 10.0 Å². The molecule has 0 saturated carbocycles. The van der Waals surface area contributed by atoms with Crippen LogP contribution in [0.4, 0.5) is 0 Å². The van der Waals surface area contributed by atoms with Crippen LogP contribution in [-0.2, 0) is 6.54 Å². The van der Waals surface area contributed by atoms with Gasteiger partial charge < -0.3 is 5.32 Å². The summed E-state index contributed by atoms with van der Waals surface area (Å²) >= 11 is 11.9. The summed E-state index contributed by atoms with van der Waals surface area (Å²) in [5.41, 5.74) is 1.74. The van der Waals surface area contributed by atoms with Gasteiger partial charge in [0.05, 0.1) is 27.6 Å². The number of nitrogens with one attached hydrogen (secondary N) is 1. The fraction of sp³-hybridized carbons (Fsp3) is 0.385.